The second kappa shape index (κ2) is 6.39. The average Bonchev–Trinajstić information content (AvgIpc) is 2.19. The molecule has 1 rings (SSSR count). The van der Waals surface area contributed by atoms with Crippen LogP contribution in [0, 0.1) is 5.92 Å². The van der Waals surface area contributed by atoms with Crippen LogP contribution in [0.15, 0.2) is 0 Å². The van der Waals surface area contributed by atoms with Gasteiger partial charge in [-0.1, -0.05) is 20.3 Å². The molecule has 2 heteroatoms. The normalized spacial score (nSPS) is 25.8. The van der Waals surface area contributed by atoms with Crippen LogP contribution in [-0.2, 0) is 4.74 Å². The molecule has 1 fully saturated rings. The Hall–Kier alpha value is -0.0800. The second-order valence-corrected chi connectivity index (χ2v) is 3.93. The van der Waals surface area contributed by atoms with E-state index in [9.17, 15) is 0 Å². The monoisotopic (exact) mass is 185 g/mol. The van der Waals surface area contributed by atoms with Gasteiger partial charge in [-0.05, 0) is 31.7 Å². The van der Waals surface area contributed by atoms with Gasteiger partial charge in [-0.2, -0.15) is 0 Å². The molecule has 0 saturated carbocycles. The van der Waals surface area contributed by atoms with Gasteiger partial charge in [0, 0.05) is 12.6 Å². The van der Waals surface area contributed by atoms with E-state index in [2.05, 4.69) is 19.2 Å². The van der Waals surface area contributed by atoms with E-state index in [4.69, 9.17) is 4.74 Å². The summed E-state index contributed by atoms with van der Waals surface area (Å²) in [6.07, 6.45) is 5.16. The average molecular weight is 185 g/mol. The Kier molecular flexibility index (Phi) is 5.40. The third-order valence-electron chi connectivity index (χ3n) is 2.83. The summed E-state index contributed by atoms with van der Waals surface area (Å²) in [6, 6.07) is 0.690. The van der Waals surface area contributed by atoms with Crippen LogP contribution >= 0.6 is 0 Å². The topological polar surface area (TPSA) is 21.3 Å². The van der Waals surface area contributed by atoms with E-state index in [-0.39, 0.29) is 0 Å². The summed E-state index contributed by atoms with van der Waals surface area (Å²) in [5, 5.41) is 3.57. The lowest BCUT2D eigenvalue weighted by molar-refractivity contribution is 0.0381. The van der Waals surface area contributed by atoms with Crippen molar-refractivity contribution in [3.8, 4) is 0 Å². The molecule has 13 heavy (non-hydrogen) atoms. The van der Waals surface area contributed by atoms with Crippen molar-refractivity contribution in [3.05, 3.63) is 0 Å². The van der Waals surface area contributed by atoms with Crippen LogP contribution < -0.4 is 5.32 Å². The predicted octanol–water partition coefficient (Wildman–Crippen LogP) is 2.19. The number of rotatable bonds is 5. The van der Waals surface area contributed by atoms with Gasteiger partial charge in [0.05, 0.1) is 6.61 Å². The lowest BCUT2D eigenvalue weighted by Gasteiger charge is -2.30. The molecule has 0 aliphatic carbocycles. The summed E-state index contributed by atoms with van der Waals surface area (Å²) < 4.78 is 5.52. The predicted molar refractivity (Wildman–Crippen MR) is 55.9 cm³/mol. The molecule has 78 valence electrons. The second-order valence-electron chi connectivity index (χ2n) is 3.93. The highest BCUT2D eigenvalue weighted by Crippen LogP contribution is 2.20. The van der Waals surface area contributed by atoms with Crippen LogP contribution in [0.3, 0.4) is 0 Å². The molecule has 0 amide bonds. The zero-order chi connectivity index (χ0) is 9.52. The van der Waals surface area contributed by atoms with E-state index >= 15 is 0 Å². The third kappa shape index (κ3) is 3.65. The minimum Gasteiger partial charge on any atom is -0.381 e. The SMILES string of the molecule is CCCC(NCC)C1CCCOC1. The summed E-state index contributed by atoms with van der Waals surface area (Å²) in [5.74, 6) is 0.758. The Morgan fingerprint density at radius 2 is 2.31 bits per heavy atom. The molecule has 0 aromatic rings. The largest absolute Gasteiger partial charge is 0.381 e. The van der Waals surface area contributed by atoms with Gasteiger partial charge in [-0.25, -0.2) is 0 Å². The molecule has 0 spiro atoms. The highest BCUT2D eigenvalue weighted by Gasteiger charge is 2.22. The van der Waals surface area contributed by atoms with E-state index in [1.165, 1.54) is 25.7 Å². The molecule has 2 nitrogen and oxygen atoms in total. The van der Waals surface area contributed by atoms with Crippen molar-refractivity contribution in [2.24, 2.45) is 5.92 Å². The first-order chi connectivity index (χ1) is 6.38. The Labute approximate surface area is 82.0 Å². The summed E-state index contributed by atoms with van der Waals surface area (Å²) in [5.41, 5.74) is 0. The lowest BCUT2D eigenvalue weighted by Crippen LogP contribution is -2.40. The van der Waals surface area contributed by atoms with Crippen molar-refractivity contribution >= 4 is 0 Å². The first-order valence-electron chi connectivity index (χ1n) is 5.69. The summed E-state index contributed by atoms with van der Waals surface area (Å²) in [6.45, 7) is 7.47. The highest BCUT2D eigenvalue weighted by molar-refractivity contribution is 4.77. The molecule has 1 heterocycles. The van der Waals surface area contributed by atoms with Crippen molar-refractivity contribution in [2.45, 2.75) is 45.6 Å². The van der Waals surface area contributed by atoms with Crippen molar-refractivity contribution in [1.29, 1.82) is 0 Å². The van der Waals surface area contributed by atoms with E-state index in [1.807, 2.05) is 0 Å². The van der Waals surface area contributed by atoms with E-state index < -0.39 is 0 Å². The Bertz CT molecular complexity index is 115. The highest BCUT2D eigenvalue weighted by atomic mass is 16.5. The number of ether oxygens (including phenoxy) is 1. The number of hydrogen-bond donors (Lipinski definition) is 1. The minimum absolute atomic E-state index is 0.690. The van der Waals surface area contributed by atoms with Gasteiger partial charge >= 0.3 is 0 Å². The van der Waals surface area contributed by atoms with Crippen LogP contribution in [0.4, 0.5) is 0 Å². The van der Waals surface area contributed by atoms with Crippen LogP contribution in [0.5, 0.6) is 0 Å². The Morgan fingerprint density at radius 1 is 1.46 bits per heavy atom. The molecule has 1 N–H and O–H groups in total. The van der Waals surface area contributed by atoms with Crippen molar-refractivity contribution in [2.75, 3.05) is 19.8 Å². The quantitative estimate of drug-likeness (QED) is 0.709. The minimum atomic E-state index is 0.690. The molecular formula is C11H23NO. The van der Waals surface area contributed by atoms with E-state index in [0.717, 1.165) is 25.7 Å². The zero-order valence-electron chi connectivity index (χ0n) is 9.01. The van der Waals surface area contributed by atoms with Gasteiger partial charge in [0.1, 0.15) is 0 Å². The summed E-state index contributed by atoms with van der Waals surface area (Å²) >= 11 is 0. The van der Waals surface area contributed by atoms with E-state index in [1.54, 1.807) is 0 Å². The van der Waals surface area contributed by atoms with Crippen molar-refractivity contribution in [1.82, 2.24) is 5.32 Å². The number of hydrogen-bond acceptors (Lipinski definition) is 2. The van der Waals surface area contributed by atoms with Gasteiger partial charge in [0.25, 0.3) is 0 Å². The molecule has 1 aliphatic heterocycles. The van der Waals surface area contributed by atoms with Gasteiger partial charge in [-0.3, -0.25) is 0 Å². The molecule has 0 aromatic carbocycles. The number of nitrogens with one attached hydrogen (secondary N) is 1. The third-order valence-corrected chi connectivity index (χ3v) is 2.83. The Balaban J connectivity index is 2.32. The van der Waals surface area contributed by atoms with Gasteiger partial charge in [-0.15, -0.1) is 0 Å². The molecule has 2 atom stereocenters. The van der Waals surface area contributed by atoms with Crippen LogP contribution in [0.2, 0.25) is 0 Å². The smallest absolute Gasteiger partial charge is 0.0509 e. The first-order valence-corrected chi connectivity index (χ1v) is 5.69. The van der Waals surface area contributed by atoms with Crippen LogP contribution in [0.25, 0.3) is 0 Å². The summed E-state index contributed by atoms with van der Waals surface area (Å²) in [4.78, 5) is 0. The lowest BCUT2D eigenvalue weighted by atomic mass is 9.91. The molecule has 0 aromatic heterocycles. The van der Waals surface area contributed by atoms with E-state index in [0.29, 0.717) is 6.04 Å². The van der Waals surface area contributed by atoms with Crippen molar-refractivity contribution < 1.29 is 4.74 Å². The van der Waals surface area contributed by atoms with Crippen molar-refractivity contribution in [3.63, 3.8) is 0 Å². The maximum Gasteiger partial charge on any atom is 0.0509 e. The Morgan fingerprint density at radius 3 is 2.85 bits per heavy atom. The maximum absolute atomic E-state index is 5.52. The van der Waals surface area contributed by atoms with Crippen LogP contribution in [-0.4, -0.2) is 25.8 Å². The molecule has 2 unspecified atom stereocenters. The summed E-state index contributed by atoms with van der Waals surface area (Å²) in [7, 11) is 0. The fourth-order valence-electron chi connectivity index (χ4n) is 2.16. The van der Waals surface area contributed by atoms with Gasteiger partial charge < -0.3 is 10.1 Å². The van der Waals surface area contributed by atoms with Gasteiger partial charge in [0.2, 0.25) is 0 Å². The fourth-order valence-corrected chi connectivity index (χ4v) is 2.16. The molecule has 0 radical (unpaired) electrons. The molecular weight excluding hydrogens is 162 g/mol. The first kappa shape index (κ1) is 11.0. The van der Waals surface area contributed by atoms with Crippen LogP contribution in [0.1, 0.15) is 39.5 Å². The zero-order valence-corrected chi connectivity index (χ0v) is 9.01. The molecule has 1 aliphatic rings. The molecule has 1 saturated heterocycles. The maximum atomic E-state index is 5.52. The van der Waals surface area contributed by atoms with Gasteiger partial charge in [0.15, 0.2) is 0 Å². The standard InChI is InChI=1S/C11H23NO/c1-3-6-11(12-4-2)10-7-5-8-13-9-10/h10-12H,3-9H2,1-2H3. The molecule has 0 bridgehead atoms. The fraction of sp³-hybridized carbons (Fsp3) is 1.00.